The lowest BCUT2D eigenvalue weighted by molar-refractivity contribution is -0.00497. The molecule has 0 aromatic carbocycles. The summed E-state index contributed by atoms with van der Waals surface area (Å²) in [6.45, 7) is 6.41. The molecule has 1 saturated heterocycles. The maximum absolute atomic E-state index is 13.0. The predicted octanol–water partition coefficient (Wildman–Crippen LogP) is 2.52. The van der Waals surface area contributed by atoms with Gasteiger partial charge in [-0.15, -0.1) is 11.3 Å². The summed E-state index contributed by atoms with van der Waals surface area (Å²) in [6.07, 6.45) is 1.75. The average Bonchev–Trinajstić information content (AvgIpc) is 3.06. The first-order valence-corrected chi connectivity index (χ1v) is 8.96. The number of ether oxygens (including phenoxy) is 1. The van der Waals surface area contributed by atoms with E-state index >= 15 is 0 Å². The van der Waals surface area contributed by atoms with Crippen molar-refractivity contribution in [3.8, 4) is 0 Å². The fourth-order valence-electron chi connectivity index (χ4n) is 2.68. The van der Waals surface area contributed by atoms with Crippen molar-refractivity contribution < 1.29 is 9.53 Å². The third-order valence-electron chi connectivity index (χ3n) is 4.27. The minimum Gasteiger partial charge on any atom is -0.377 e. The molecule has 0 bridgehead atoms. The number of anilines is 1. The zero-order valence-corrected chi connectivity index (χ0v) is 15.0. The van der Waals surface area contributed by atoms with Gasteiger partial charge in [0, 0.05) is 26.3 Å². The van der Waals surface area contributed by atoms with Crippen LogP contribution in [0.3, 0.4) is 0 Å². The van der Waals surface area contributed by atoms with E-state index in [-0.39, 0.29) is 11.9 Å². The van der Waals surface area contributed by atoms with E-state index in [0.717, 1.165) is 22.8 Å². The second-order valence-corrected chi connectivity index (χ2v) is 6.73. The summed E-state index contributed by atoms with van der Waals surface area (Å²) < 4.78 is 5.61. The number of thiophene rings is 1. The third-order valence-corrected chi connectivity index (χ3v) is 5.27. The Morgan fingerprint density at radius 1 is 1.50 bits per heavy atom. The summed E-state index contributed by atoms with van der Waals surface area (Å²) in [5, 5.41) is 1.95. The molecule has 7 heteroatoms. The van der Waals surface area contributed by atoms with Crippen LogP contribution in [0.4, 0.5) is 5.82 Å². The summed E-state index contributed by atoms with van der Waals surface area (Å²) in [4.78, 5) is 26.7. The van der Waals surface area contributed by atoms with E-state index in [4.69, 9.17) is 4.74 Å². The quantitative estimate of drug-likeness (QED) is 0.851. The fraction of sp³-hybridized carbons (Fsp3) is 0.471. The van der Waals surface area contributed by atoms with Crippen LogP contribution in [0.15, 0.2) is 23.7 Å². The van der Waals surface area contributed by atoms with E-state index in [9.17, 15) is 4.79 Å². The Bertz CT molecular complexity index is 718. The number of carbonyl (C=O) groups excluding carboxylic acids is 1. The van der Waals surface area contributed by atoms with Gasteiger partial charge in [-0.2, -0.15) is 0 Å². The third kappa shape index (κ3) is 3.27. The van der Waals surface area contributed by atoms with Crippen LogP contribution in [-0.4, -0.2) is 54.1 Å². The molecule has 2 aromatic heterocycles. The second kappa shape index (κ2) is 7.27. The van der Waals surface area contributed by atoms with Crippen LogP contribution in [-0.2, 0) is 4.74 Å². The average molecular weight is 346 g/mol. The van der Waals surface area contributed by atoms with Crippen molar-refractivity contribution in [1.82, 2.24) is 14.9 Å². The van der Waals surface area contributed by atoms with Gasteiger partial charge in [0.1, 0.15) is 11.9 Å². The van der Waals surface area contributed by atoms with E-state index in [0.29, 0.717) is 25.6 Å². The molecule has 0 saturated carbocycles. The van der Waals surface area contributed by atoms with E-state index in [2.05, 4.69) is 16.9 Å². The lowest BCUT2D eigenvalue weighted by Crippen LogP contribution is -2.44. The summed E-state index contributed by atoms with van der Waals surface area (Å²) in [6, 6.07) is 3.60. The Labute approximate surface area is 146 Å². The Morgan fingerprint density at radius 2 is 2.33 bits per heavy atom. The molecule has 0 aliphatic carbocycles. The monoisotopic (exact) mass is 346 g/mol. The number of morpholine rings is 1. The summed E-state index contributed by atoms with van der Waals surface area (Å²) >= 11 is 1.48. The standard InChI is InChI=1S/C17H22N4O2S/c1-4-20(3)14-5-7-18-16(19-14)13-11-23-9-8-21(13)17(22)15-12(2)6-10-24-15/h5-7,10,13H,4,8-9,11H2,1-3H3/t13-/m1/s1. The van der Waals surface area contributed by atoms with Crippen LogP contribution in [0, 0.1) is 6.92 Å². The molecule has 24 heavy (non-hydrogen) atoms. The first-order valence-electron chi connectivity index (χ1n) is 8.08. The maximum atomic E-state index is 13.0. The van der Waals surface area contributed by atoms with Gasteiger partial charge < -0.3 is 14.5 Å². The zero-order chi connectivity index (χ0) is 17.1. The van der Waals surface area contributed by atoms with Crippen molar-refractivity contribution in [2.24, 2.45) is 0 Å². The Balaban J connectivity index is 1.90. The Hall–Kier alpha value is -1.99. The number of carbonyl (C=O) groups is 1. The van der Waals surface area contributed by atoms with Crippen molar-refractivity contribution in [3.63, 3.8) is 0 Å². The van der Waals surface area contributed by atoms with E-state index in [1.807, 2.05) is 41.3 Å². The number of aryl methyl sites for hydroxylation is 1. The van der Waals surface area contributed by atoms with Crippen molar-refractivity contribution in [2.45, 2.75) is 19.9 Å². The number of aromatic nitrogens is 2. The molecule has 1 aliphatic heterocycles. The molecule has 0 spiro atoms. The molecule has 1 fully saturated rings. The molecular weight excluding hydrogens is 324 g/mol. The number of nitrogens with zero attached hydrogens (tertiary/aromatic N) is 4. The highest BCUT2D eigenvalue weighted by molar-refractivity contribution is 7.12. The van der Waals surface area contributed by atoms with Gasteiger partial charge in [0.05, 0.1) is 18.1 Å². The minimum atomic E-state index is -0.252. The highest BCUT2D eigenvalue weighted by atomic mass is 32.1. The summed E-state index contributed by atoms with van der Waals surface area (Å²) in [5.74, 6) is 1.52. The van der Waals surface area contributed by atoms with Crippen LogP contribution < -0.4 is 4.90 Å². The summed E-state index contributed by atoms with van der Waals surface area (Å²) in [7, 11) is 1.99. The number of hydrogen-bond donors (Lipinski definition) is 0. The Morgan fingerprint density at radius 3 is 3.04 bits per heavy atom. The highest BCUT2D eigenvalue weighted by Crippen LogP contribution is 2.27. The molecule has 3 rings (SSSR count). The van der Waals surface area contributed by atoms with E-state index in [1.165, 1.54) is 11.3 Å². The Kier molecular flexibility index (Phi) is 5.11. The highest BCUT2D eigenvalue weighted by Gasteiger charge is 2.32. The molecule has 0 radical (unpaired) electrons. The van der Waals surface area contributed by atoms with Crippen molar-refractivity contribution in [3.05, 3.63) is 40.0 Å². The van der Waals surface area contributed by atoms with Crippen LogP contribution in [0.25, 0.3) is 0 Å². The van der Waals surface area contributed by atoms with Gasteiger partial charge in [-0.1, -0.05) is 0 Å². The van der Waals surface area contributed by atoms with Crippen LogP contribution in [0.5, 0.6) is 0 Å². The molecule has 1 atom stereocenters. The minimum absolute atomic E-state index is 0.0358. The fourth-order valence-corrected chi connectivity index (χ4v) is 3.56. The first-order chi connectivity index (χ1) is 11.6. The van der Waals surface area contributed by atoms with Gasteiger partial charge in [0.25, 0.3) is 5.91 Å². The molecular formula is C17H22N4O2S. The first kappa shape index (κ1) is 16.9. The maximum Gasteiger partial charge on any atom is 0.264 e. The topological polar surface area (TPSA) is 58.6 Å². The molecule has 1 aliphatic rings. The number of rotatable bonds is 4. The molecule has 1 amide bonds. The molecule has 128 valence electrons. The molecule has 2 aromatic rings. The van der Waals surface area contributed by atoms with Crippen molar-refractivity contribution in [2.75, 3.05) is 38.3 Å². The lowest BCUT2D eigenvalue weighted by atomic mass is 10.1. The normalized spacial score (nSPS) is 17.8. The van der Waals surface area contributed by atoms with Crippen LogP contribution >= 0.6 is 11.3 Å². The summed E-state index contributed by atoms with van der Waals surface area (Å²) in [5.41, 5.74) is 1.01. The zero-order valence-electron chi connectivity index (χ0n) is 14.2. The van der Waals surface area contributed by atoms with Gasteiger partial charge in [0.2, 0.25) is 0 Å². The molecule has 0 N–H and O–H groups in total. The molecule has 3 heterocycles. The molecule has 6 nitrogen and oxygen atoms in total. The van der Waals surface area contributed by atoms with Gasteiger partial charge in [-0.3, -0.25) is 4.79 Å². The van der Waals surface area contributed by atoms with Gasteiger partial charge in [-0.25, -0.2) is 9.97 Å². The van der Waals surface area contributed by atoms with Gasteiger partial charge in [0.15, 0.2) is 5.82 Å². The number of amides is 1. The lowest BCUT2D eigenvalue weighted by Gasteiger charge is -2.34. The van der Waals surface area contributed by atoms with Crippen LogP contribution in [0.1, 0.15) is 34.0 Å². The predicted molar refractivity (Wildman–Crippen MR) is 94.6 cm³/mol. The smallest absolute Gasteiger partial charge is 0.264 e. The van der Waals surface area contributed by atoms with Gasteiger partial charge in [-0.05, 0) is 36.9 Å². The largest absolute Gasteiger partial charge is 0.377 e. The SMILES string of the molecule is CCN(C)c1ccnc([C@H]2COCCN2C(=O)c2sccc2C)n1. The molecule has 0 unspecified atom stereocenters. The van der Waals surface area contributed by atoms with Gasteiger partial charge >= 0.3 is 0 Å². The van der Waals surface area contributed by atoms with Crippen molar-refractivity contribution in [1.29, 1.82) is 0 Å². The van der Waals surface area contributed by atoms with Crippen molar-refractivity contribution >= 4 is 23.1 Å². The van der Waals surface area contributed by atoms with Crippen LogP contribution in [0.2, 0.25) is 0 Å². The number of hydrogen-bond acceptors (Lipinski definition) is 6. The second-order valence-electron chi connectivity index (χ2n) is 5.81. The van der Waals surface area contributed by atoms with E-state index in [1.54, 1.807) is 6.20 Å². The van der Waals surface area contributed by atoms with E-state index < -0.39 is 0 Å².